The molecule has 0 aliphatic carbocycles. The molecule has 0 aromatic carbocycles. The maximum atomic E-state index is 11.4. The molecule has 0 saturated heterocycles. The lowest BCUT2D eigenvalue weighted by Gasteiger charge is -2.01. The summed E-state index contributed by atoms with van der Waals surface area (Å²) in [4.78, 5) is 11.9. The van der Waals surface area contributed by atoms with E-state index in [4.69, 9.17) is 11.6 Å². The third-order valence-corrected chi connectivity index (χ3v) is 2.88. The van der Waals surface area contributed by atoms with Gasteiger partial charge in [-0.3, -0.25) is 4.79 Å². The lowest BCUT2D eigenvalue weighted by molar-refractivity contribution is 0.0962. The average Bonchev–Trinajstić information content (AvgIpc) is 2.47. The molecule has 0 aliphatic heterocycles. The van der Waals surface area contributed by atoms with Crippen LogP contribution in [-0.2, 0) is 0 Å². The number of hydrogen-bond acceptors (Lipinski definition) is 2. The first kappa shape index (κ1) is 10.8. The van der Waals surface area contributed by atoms with Crippen LogP contribution in [0.5, 0.6) is 0 Å². The summed E-state index contributed by atoms with van der Waals surface area (Å²) in [6.45, 7) is 4.01. The first-order valence-corrected chi connectivity index (χ1v) is 5.51. The molecule has 0 fully saturated rings. The van der Waals surface area contributed by atoms with Gasteiger partial charge >= 0.3 is 0 Å². The summed E-state index contributed by atoms with van der Waals surface area (Å²) in [6.07, 6.45) is 0. The van der Waals surface area contributed by atoms with Crippen molar-refractivity contribution in [3.8, 4) is 0 Å². The van der Waals surface area contributed by atoms with E-state index >= 15 is 0 Å². The van der Waals surface area contributed by atoms with Gasteiger partial charge in [0.2, 0.25) is 0 Å². The van der Waals surface area contributed by atoms with Crippen LogP contribution in [-0.4, -0.2) is 12.5 Å². The van der Waals surface area contributed by atoms with Crippen LogP contribution in [0, 0.1) is 0 Å². The van der Waals surface area contributed by atoms with Crippen molar-refractivity contribution in [3.63, 3.8) is 0 Å². The number of carbonyl (C=O) groups is 1. The number of nitrogens with one attached hydrogen (secondary N) is 1. The number of rotatable bonds is 3. The van der Waals surface area contributed by atoms with E-state index in [-0.39, 0.29) is 5.91 Å². The third-order valence-electron chi connectivity index (χ3n) is 1.26. The predicted molar refractivity (Wildman–Crippen MR) is 59.7 cm³/mol. The van der Waals surface area contributed by atoms with Crippen molar-refractivity contribution in [2.75, 3.05) is 6.54 Å². The minimum Gasteiger partial charge on any atom is -0.347 e. The number of halogens is 2. The lowest BCUT2D eigenvalue weighted by Crippen LogP contribution is -2.23. The van der Waals surface area contributed by atoms with E-state index in [0.29, 0.717) is 16.4 Å². The molecule has 2 nitrogen and oxygen atoms in total. The zero-order valence-corrected chi connectivity index (χ0v) is 9.80. The number of hydrogen-bond donors (Lipinski definition) is 1. The van der Waals surface area contributed by atoms with Gasteiger partial charge in [0.15, 0.2) is 0 Å². The maximum absolute atomic E-state index is 11.4. The molecule has 1 aromatic heterocycles. The standard InChI is InChI=1S/C8H7BrClNOS/c1-5(9)4-11-8(12)7-6(10)2-3-13-7/h2-3H,1,4H2,(H,11,12). The number of carbonyl (C=O) groups excluding carboxylic acids is 1. The quantitative estimate of drug-likeness (QED) is 0.906. The highest BCUT2D eigenvalue weighted by Gasteiger charge is 2.10. The number of thiophene rings is 1. The Morgan fingerprint density at radius 1 is 1.77 bits per heavy atom. The highest BCUT2D eigenvalue weighted by atomic mass is 79.9. The van der Waals surface area contributed by atoms with Crippen molar-refractivity contribution in [1.29, 1.82) is 0 Å². The molecule has 1 amide bonds. The Morgan fingerprint density at radius 3 is 2.92 bits per heavy atom. The number of amides is 1. The van der Waals surface area contributed by atoms with Gasteiger partial charge in [-0.15, -0.1) is 11.3 Å². The van der Waals surface area contributed by atoms with Gasteiger partial charge in [0.05, 0.1) is 5.02 Å². The van der Waals surface area contributed by atoms with Crippen LogP contribution >= 0.6 is 38.9 Å². The van der Waals surface area contributed by atoms with E-state index in [1.807, 2.05) is 0 Å². The molecule has 1 heterocycles. The van der Waals surface area contributed by atoms with Crippen molar-refractivity contribution in [1.82, 2.24) is 5.32 Å². The monoisotopic (exact) mass is 279 g/mol. The molecular formula is C8H7BrClNOS. The maximum Gasteiger partial charge on any atom is 0.263 e. The Balaban J connectivity index is 2.59. The predicted octanol–water partition coefficient (Wildman–Crippen LogP) is 3.04. The highest BCUT2D eigenvalue weighted by molar-refractivity contribution is 9.11. The Bertz CT molecular complexity index is 337. The van der Waals surface area contributed by atoms with E-state index < -0.39 is 0 Å². The summed E-state index contributed by atoms with van der Waals surface area (Å²) < 4.78 is 0.730. The molecule has 0 unspecified atom stereocenters. The van der Waals surface area contributed by atoms with Crippen molar-refractivity contribution in [2.24, 2.45) is 0 Å². The van der Waals surface area contributed by atoms with Gasteiger partial charge in [0.25, 0.3) is 5.91 Å². The van der Waals surface area contributed by atoms with Crippen LogP contribution in [0.3, 0.4) is 0 Å². The summed E-state index contributed by atoms with van der Waals surface area (Å²) in [6, 6.07) is 1.70. The Labute approximate surface area is 93.7 Å². The Kier molecular flexibility index (Phi) is 3.96. The molecule has 0 saturated carbocycles. The second kappa shape index (κ2) is 4.79. The molecule has 1 rings (SSSR count). The average molecular weight is 281 g/mol. The molecule has 5 heteroatoms. The van der Waals surface area contributed by atoms with E-state index in [1.165, 1.54) is 11.3 Å². The Morgan fingerprint density at radius 2 is 2.46 bits per heavy atom. The summed E-state index contributed by atoms with van der Waals surface area (Å²) in [7, 11) is 0. The van der Waals surface area contributed by atoms with Crippen molar-refractivity contribution >= 4 is 44.8 Å². The molecule has 70 valence electrons. The summed E-state index contributed by atoms with van der Waals surface area (Å²) in [5.41, 5.74) is 0. The van der Waals surface area contributed by atoms with E-state index in [2.05, 4.69) is 27.8 Å². The molecule has 13 heavy (non-hydrogen) atoms. The first-order valence-electron chi connectivity index (χ1n) is 3.45. The summed E-state index contributed by atoms with van der Waals surface area (Å²) in [5.74, 6) is -0.166. The van der Waals surface area contributed by atoms with Crippen LogP contribution in [0.25, 0.3) is 0 Å². The lowest BCUT2D eigenvalue weighted by atomic mass is 10.4. The molecule has 1 N–H and O–H groups in total. The highest BCUT2D eigenvalue weighted by Crippen LogP contribution is 2.21. The summed E-state index contributed by atoms with van der Waals surface area (Å²) >= 11 is 10.2. The van der Waals surface area contributed by atoms with Gasteiger partial charge in [-0.05, 0) is 11.4 Å². The second-order valence-corrected chi connectivity index (χ2v) is 4.74. The first-order chi connectivity index (χ1) is 6.11. The van der Waals surface area contributed by atoms with Gasteiger partial charge in [0.1, 0.15) is 4.88 Å². The van der Waals surface area contributed by atoms with Gasteiger partial charge in [-0.1, -0.05) is 34.1 Å². The zero-order valence-electron chi connectivity index (χ0n) is 6.64. The molecule has 0 bridgehead atoms. The van der Waals surface area contributed by atoms with E-state index in [9.17, 15) is 4.79 Å². The SMILES string of the molecule is C=C(Br)CNC(=O)c1sccc1Cl. The summed E-state index contributed by atoms with van der Waals surface area (Å²) in [5, 5.41) is 4.93. The van der Waals surface area contributed by atoms with Gasteiger partial charge in [-0.25, -0.2) is 0 Å². The zero-order chi connectivity index (χ0) is 9.84. The normalized spacial score (nSPS) is 9.69. The fourth-order valence-corrected chi connectivity index (χ4v) is 1.91. The molecule has 0 spiro atoms. The van der Waals surface area contributed by atoms with Crippen LogP contribution in [0.1, 0.15) is 9.67 Å². The van der Waals surface area contributed by atoms with E-state index in [0.717, 1.165) is 4.48 Å². The minimum absolute atomic E-state index is 0.166. The fourth-order valence-electron chi connectivity index (χ4n) is 0.712. The molecule has 0 aliphatic rings. The Hall–Kier alpha value is -0.320. The third kappa shape index (κ3) is 3.14. The van der Waals surface area contributed by atoms with Crippen LogP contribution in [0.2, 0.25) is 5.02 Å². The molecule has 0 radical (unpaired) electrons. The van der Waals surface area contributed by atoms with Crippen molar-refractivity contribution in [3.05, 3.63) is 32.4 Å². The van der Waals surface area contributed by atoms with Gasteiger partial charge in [-0.2, -0.15) is 0 Å². The van der Waals surface area contributed by atoms with Crippen LogP contribution in [0.15, 0.2) is 22.5 Å². The smallest absolute Gasteiger partial charge is 0.263 e. The van der Waals surface area contributed by atoms with Crippen molar-refractivity contribution in [2.45, 2.75) is 0 Å². The van der Waals surface area contributed by atoms with E-state index in [1.54, 1.807) is 11.4 Å². The second-order valence-electron chi connectivity index (χ2n) is 2.30. The minimum atomic E-state index is -0.166. The van der Waals surface area contributed by atoms with Gasteiger partial charge in [0, 0.05) is 11.0 Å². The largest absolute Gasteiger partial charge is 0.347 e. The van der Waals surface area contributed by atoms with Gasteiger partial charge < -0.3 is 5.32 Å². The fraction of sp³-hybridized carbons (Fsp3) is 0.125. The van der Waals surface area contributed by atoms with Crippen LogP contribution in [0.4, 0.5) is 0 Å². The topological polar surface area (TPSA) is 29.1 Å². The van der Waals surface area contributed by atoms with Crippen LogP contribution < -0.4 is 5.32 Å². The molecular weight excluding hydrogens is 274 g/mol. The molecule has 1 aromatic rings. The van der Waals surface area contributed by atoms with Crippen molar-refractivity contribution < 1.29 is 4.79 Å². The molecule has 0 atom stereocenters.